The number of carbonyl (C=O) groups is 2. The molecule has 1 fully saturated rings. The summed E-state index contributed by atoms with van der Waals surface area (Å²) in [6.07, 6.45) is 3.48. The molecular formula is C9H16N2O3. The van der Waals surface area contributed by atoms with E-state index in [9.17, 15) is 9.59 Å². The zero-order valence-corrected chi connectivity index (χ0v) is 8.12. The van der Waals surface area contributed by atoms with Crippen molar-refractivity contribution in [1.82, 2.24) is 5.32 Å². The third-order valence-corrected chi connectivity index (χ3v) is 2.05. The molecule has 1 aliphatic rings. The summed E-state index contributed by atoms with van der Waals surface area (Å²) in [5.74, 6) is -0.0379. The number of rotatable bonds is 7. The first-order valence-electron chi connectivity index (χ1n) is 4.83. The van der Waals surface area contributed by atoms with E-state index in [2.05, 4.69) is 5.32 Å². The van der Waals surface area contributed by atoms with E-state index < -0.39 is 5.91 Å². The Morgan fingerprint density at radius 3 is 2.64 bits per heavy atom. The van der Waals surface area contributed by atoms with E-state index >= 15 is 0 Å². The maximum atomic E-state index is 11.0. The Bertz CT molecular complexity index is 214. The van der Waals surface area contributed by atoms with Gasteiger partial charge in [-0.25, -0.2) is 0 Å². The lowest BCUT2D eigenvalue weighted by atomic mass is 10.3. The van der Waals surface area contributed by atoms with Gasteiger partial charge in [-0.05, 0) is 12.3 Å². The monoisotopic (exact) mass is 200 g/mol. The molecule has 0 atom stereocenters. The van der Waals surface area contributed by atoms with Crippen LogP contribution in [0.1, 0.15) is 19.3 Å². The average molecular weight is 200 g/mol. The number of amides is 1. The number of nitrogens with two attached hydrogens (primary N) is 1. The predicted molar refractivity (Wildman–Crippen MR) is 50.4 cm³/mol. The first-order valence-corrected chi connectivity index (χ1v) is 4.83. The van der Waals surface area contributed by atoms with Crippen LogP contribution in [-0.4, -0.2) is 31.6 Å². The van der Waals surface area contributed by atoms with Crippen molar-refractivity contribution in [3.05, 3.63) is 0 Å². The Kier molecular flexibility index (Phi) is 4.39. The van der Waals surface area contributed by atoms with Crippen LogP contribution in [0.2, 0.25) is 0 Å². The molecule has 1 saturated carbocycles. The summed E-state index contributed by atoms with van der Waals surface area (Å²) >= 11 is 0. The van der Waals surface area contributed by atoms with Crippen molar-refractivity contribution < 1.29 is 14.3 Å². The van der Waals surface area contributed by atoms with Crippen LogP contribution >= 0.6 is 0 Å². The van der Waals surface area contributed by atoms with E-state index in [4.69, 9.17) is 10.5 Å². The van der Waals surface area contributed by atoms with Crippen molar-refractivity contribution in [2.75, 3.05) is 19.7 Å². The smallest absolute Gasteiger partial charge is 0.319 e. The summed E-state index contributed by atoms with van der Waals surface area (Å²) in [6, 6.07) is 0. The highest BCUT2D eigenvalue weighted by molar-refractivity contribution is 5.77. The molecule has 80 valence electrons. The van der Waals surface area contributed by atoms with Crippen LogP contribution in [0.4, 0.5) is 0 Å². The largest absolute Gasteiger partial charge is 0.465 e. The Morgan fingerprint density at radius 2 is 2.07 bits per heavy atom. The highest BCUT2D eigenvalue weighted by Gasteiger charge is 2.21. The van der Waals surface area contributed by atoms with E-state index in [1.165, 1.54) is 12.8 Å². The number of nitrogens with one attached hydrogen (secondary N) is 1. The van der Waals surface area contributed by atoms with Crippen LogP contribution in [0.25, 0.3) is 0 Å². The minimum atomic E-state index is -0.476. The van der Waals surface area contributed by atoms with Crippen molar-refractivity contribution in [2.45, 2.75) is 19.3 Å². The minimum absolute atomic E-state index is 0.0116. The number of ether oxygens (including phenoxy) is 1. The fourth-order valence-electron chi connectivity index (χ4n) is 1.08. The maximum Gasteiger partial charge on any atom is 0.319 e. The van der Waals surface area contributed by atoms with Gasteiger partial charge in [0.25, 0.3) is 0 Å². The van der Waals surface area contributed by atoms with Crippen LogP contribution < -0.4 is 11.1 Å². The Morgan fingerprint density at radius 1 is 1.36 bits per heavy atom. The number of carbonyl (C=O) groups excluding carboxylic acids is 2. The lowest BCUT2D eigenvalue weighted by Gasteiger charge is -2.04. The van der Waals surface area contributed by atoms with Gasteiger partial charge in [-0.15, -0.1) is 0 Å². The molecule has 14 heavy (non-hydrogen) atoms. The van der Waals surface area contributed by atoms with Gasteiger partial charge in [0, 0.05) is 0 Å². The number of hydrogen-bond donors (Lipinski definition) is 2. The van der Waals surface area contributed by atoms with Gasteiger partial charge < -0.3 is 10.5 Å². The van der Waals surface area contributed by atoms with Gasteiger partial charge in [0.2, 0.25) is 5.91 Å². The van der Waals surface area contributed by atoms with Gasteiger partial charge in [-0.3, -0.25) is 14.9 Å². The molecule has 0 bridgehead atoms. The van der Waals surface area contributed by atoms with E-state index in [0.29, 0.717) is 6.61 Å². The third-order valence-electron chi connectivity index (χ3n) is 2.05. The molecular weight excluding hydrogens is 184 g/mol. The van der Waals surface area contributed by atoms with Crippen molar-refractivity contribution in [3.8, 4) is 0 Å². The summed E-state index contributed by atoms with van der Waals surface area (Å²) in [6.45, 7) is 0.549. The van der Waals surface area contributed by atoms with Crippen LogP contribution in [0.3, 0.4) is 0 Å². The third kappa shape index (κ3) is 5.53. The minimum Gasteiger partial charge on any atom is -0.465 e. The predicted octanol–water partition coefficient (Wildman–Crippen LogP) is -0.595. The first kappa shape index (κ1) is 11.0. The van der Waals surface area contributed by atoms with Crippen LogP contribution in [-0.2, 0) is 14.3 Å². The van der Waals surface area contributed by atoms with E-state index in [1.54, 1.807) is 0 Å². The average Bonchev–Trinajstić information content (AvgIpc) is 2.87. The Labute approximate surface area is 83.0 Å². The quantitative estimate of drug-likeness (QED) is 0.538. The second-order valence-electron chi connectivity index (χ2n) is 3.52. The second kappa shape index (κ2) is 5.59. The standard InChI is InChI=1S/C9H16N2O3/c10-8(12)5-11-6-9(13)14-4-3-7-1-2-7/h7,11H,1-6H2,(H2,10,12). The summed E-state index contributed by atoms with van der Waals surface area (Å²) in [4.78, 5) is 21.3. The van der Waals surface area contributed by atoms with E-state index in [0.717, 1.165) is 12.3 Å². The maximum absolute atomic E-state index is 11.0. The number of primary amides is 1. The lowest BCUT2D eigenvalue weighted by Crippen LogP contribution is -2.33. The molecule has 0 aromatic rings. The molecule has 1 amide bonds. The van der Waals surface area contributed by atoms with Gasteiger partial charge in [-0.1, -0.05) is 12.8 Å². The molecule has 3 N–H and O–H groups in total. The highest BCUT2D eigenvalue weighted by atomic mass is 16.5. The molecule has 0 aromatic carbocycles. The zero-order valence-electron chi connectivity index (χ0n) is 8.12. The molecule has 0 unspecified atom stereocenters. The second-order valence-corrected chi connectivity index (χ2v) is 3.52. The fraction of sp³-hybridized carbons (Fsp3) is 0.778. The van der Waals surface area contributed by atoms with Gasteiger partial charge in [-0.2, -0.15) is 0 Å². The summed E-state index contributed by atoms with van der Waals surface area (Å²) in [7, 11) is 0. The molecule has 5 nitrogen and oxygen atoms in total. The molecule has 0 radical (unpaired) electrons. The Hall–Kier alpha value is -1.10. The SMILES string of the molecule is NC(=O)CNCC(=O)OCCC1CC1. The lowest BCUT2D eigenvalue weighted by molar-refractivity contribution is -0.142. The van der Waals surface area contributed by atoms with E-state index in [-0.39, 0.29) is 19.1 Å². The Balaban J connectivity index is 1.89. The molecule has 1 rings (SSSR count). The van der Waals surface area contributed by atoms with Crippen molar-refractivity contribution >= 4 is 11.9 Å². The normalized spacial score (nSPS) is 15.1. The zero-order chi connectivity index (χ0) is 10.4. The molecule has 0 saturated heterocycles. The van der Waals surface area contributed by atoms with Gasteiger partial charge in [0.1, 0.15) is 0 Å². The molecule has 0 aromatic heterocycles. The molecule has 0 spiro atoms. The summed E-state index contributed by atoms with van der Waals surface area (Å²) in [5.41, 5.74) is 4.87. The van der Waals surface area contributed by atoms with Gasteiger partial charge >= 0.3 is 5.97 Å². The van der Waals surface area contributed by atoms with Crippen LogP contribution in [0.5, 0.6) is 0 Å². The molecule has 0 aliphatic heterocycles. The fourth-order valence-corrected chi connectivity index (χ4v) is 1.08. The van der Waals surface area contributed by atoms with Gasteiger partial charge in [0.15, 0.2) is 0 Å². The van der Waals surface area contributed by atoms with Crippen LogP contribution in [0, 0.1) is 5.92 Å². The van der Waals surface area contributed by atoms with Gasteiger partial charge in [0.05, 0.1) is 19.7 Å². The van der Waals surface area contributed by atoms with Crippen LogP contribution in [0.15, 0.2) is 0 Å². The molecule has 5 heteroatoms. The molecule has 1 aliphatic carbocycles. The molecule has 0 heterocycles. The number of hydrogen-bond acceptors (Lipinski definition) is 4. The summed E-state index contributed by atoms with van der Waals surface area (Å²) < 4.78 is 4.92. The highest BCUT2D eigenvalue weighted by Crippen LogP contribution is 2.31. The topological polar surface area (TPSA) is 81.4 Å². The number of esters is 1. The van der Waals surface area contributed by atoms with Crippen molar-refractivity contribution in [2.24, 2.45) is 11.7 Å². The first-order chi connectivity index (χ1) is 6.68. The summed E-state index contributed by atoms with van der Waals surface area (Å²) in [5, 5.41) is 2.59. The van der Waals surface area contributed by atoms with Crippen molar-refractivity contribution in [1.29, 1.82) is 0 Å². The van der Waals surface area contributed by atoms with E-state index in [1.807, 2.05) is 0 Å². The van der Waals surface area contributed by atoms with Crippen molar-refractivity contribution in [3.63, 3.8) is 0 Å².